The van der Waals surface area contributed by atoms with E-state index >= 15 is 0 Å². The predicted octanol–water partition coefficient (Wildman–Crippen LogP) is 2.22. The van der Waals surface area contributed by atoms with Gasteiger partial charge in [-0.2, -0.15) is 0 Å². The molecule has 0 aromatic heterocycles. The van der Waals surface area contributed by atoms with Gasteiger partial charge in [-0.15, -0.1) is 24.0 Å². The Morgan fingerprint density at radius 3 is 2.74 bits per heavy atom. The molecule has 1 amide bonds. The lowest BCUT2D eigenvalue weighted by Gasteiger charge is -2.17. The van der Waals surface area contributed by atoms with E-state index in [2.05, 4.69) is 41.6 Å². The Hall–Kier alpha value is -1.39. The van der Waals surface area contributed by atoms with E-state index in [1.165, 1.54) is 5.56 Å². The number of nitrogens with one attached hydrogen (secondary N) is 2. The molecule has 8 heteroatoms. The number of amides is 1. The van der Waals surface area contributed by atoms with Crippen molar-refractivity contribution in [2.75, 3.05) is 66.6 Å². The lowest BCUT2D eigenvalue weighted by atomic mass is 10.1. The van der Waals surface area contributed by atoms with Crippen molar-refractivity contribution in [1.29, 1.82) is 0 Å². The van der Waals surface area contributed by atoms with Crippen molar-refractivity contribution in [1.82, 2.24) is 20.4 Å². The molecule has 0 aliphatic carbocycles. The van der Waals surface area contributed by atoms with E-state index in [0.29, 0.717) is 18.9 Å². The van der Waals surface area contributed by atoms with Crippen molar-refractivity contribution in [3.8, 4) is 0 Å². The van der Waals surface area contributed by atoms with E-state index in [1.54, 1.807) is 7.11 Å². The highest BCUT2D eigenvalue weighted by Gasteiger charge is 2.28. The highest BCUT2D eigenvalue weighted by atomic mass is 127. The number of ether oxygens (including phenoxy) is 1. The number of hydrogen-bond donors (Lipinski definition) is 2. The summed E-state index contributed by atoms with van der Waals surface area (Å²) >= 11 is 0. The summed E-state index contributed by atoms with van der Waals surface area (Å²) < 4.78 is 5.11. The van der Waals surface area contributed by atoms with Gasteiger partial charge in [-0.3, -0.25) is 9.79 Å². The van der Waals surface area contributed by atoms with Crippen molar-refractivity contribution >= 4 is 35.8 Å². The van der Waals surface area contributed by atoms with Crippen LogP contribution >= 0.6 is 24.0 Å². The quantitative estimate of drug-likeness (QED) is 0.172. The monoisotopic (exact) mass is 545 g/mol. The molecule has 1 atom stereocenters. The Bertz CT molecular complexity index is 644. The van der Waals surface area contributed by atoms with Crippen LogP contribution in [-0.4, -0.2) is 88.2 Å². The molecular formula is C23H40IN5O2. The molecule has 0 radical (unpaired) electrons. The van der Waals surface area contributed by atoms with Crippen LogP contribution in [0.25, 0.3) is 0 Å². The van der Waals surface area contributed by atoms with Gasteiger partial charge in [-0.1, -0.05) is 30.3 Å². The maximum atomic E-state index is 12.4. The third-order valence-electron chi connectivity index (χ3n) is 5.35. The molecule has 7 nitrogen and oxygen atoms in total. The Kier molecular flexibility index (Phi) is 14.5. The second-order valence-corrected chi connectivity index (χ2v) is 7.94. The number of benzene rings is 1. The molecule has 1 fully saturated rings. The number of methoxy groups -OCH3 is 1. The minimum absolute atomic E-state index is 0. The van der Waals surface area contributed by atoms with Crippen molar-refractivity contribution in [3.63, 3.8) is 0 Å². The number of aliphatic imine (C=N–C) groups is 1. The highest BCUT2D eigenvalue weighted by Crippen LogP contribution is 2.18. The SMILES string of the molecule is CCNC(=NCC1CC(=O)N(CCc2ccccc2)C1)NCCCN(C)CCOC.I. The summed E-state index contributed by atoms with van der Waals surface area (Å²) in [6.45, 7) is 8.76. The molecule has 1 unspecified atom stereocenters. The second kappa shape index (κ2) is 16.3. The normalized spacial score (nSPS) is 16.5. The Labute approximate surface area is 205 Å². The van der Waals surface area contributed by atoms with Gasteiger partial charge in [0.2, 0.25) is 5.91 Å². The average Bonchev–Trinajstić information content (AvgIpc) is 3.12. The van der Waals surface area contributed by atoms with Gasteiger partial charge in [0.05, 0.1) is 6.61 Å². The number of likely N-dealkylation sites (N-methyl/N-ethyl adjacent to an activating group) is 1. The predicted molar refractivity (Wildman–Crippen MR) is 138 cm³/mol. The van der Waals surface area contributed by atoms with E-state index in [-0.39, 0.29) is 29.9 Å². The van der Waals surface area contributed by atoms with Crippen molar-refractivity contribution in [3.05, 3.63) is 35.9 Å². The molecular weight excluding hydrogens is 505 g/mol. The van der Waals surface area contributed by atoms with Crippen LogP contribution in [0.3, 0.4) is 0 Å². The summed E-state index contributed by atoms with van der Waals surface area (Å²) in [5.41, 5.74) is 1.28. The van der Waals surface area contributed by atoms with E-state index in [0.717, 1.165) is 64.7 Å². The first-order valence-corrected chi connectivity index (χ1v) is 11.1. The van der Waals surface area contributed by atoms with Gasteiger partial charge < -0.3 is 25.2 Å². The Balaban J connectivity index is 0.00000480. The maximum absolute atomic E-state index is 12.4. The number of carbonyl (C=O) groups excluding carboxylic acids is 1. The zero-order chi connectivity index (χ0) is 21.6. The molecule has 1 heterocycles. The number of hydrogen-bond acceptors (Lipinski definition) is 4. The third kappa shape index (κ3) is 11.2. The van der Waals surface area contributed by atoms with Gasteiger partial charge in [0.1, 0.15) is 0 Å². The summed E-state index contributed by atoms with van der Waals surface area (Å²) in [5.74, 6) is 1.39. The number of nitrogens with zero attached hydrogens (tertiary/aromatic N) is 3. The number of carbonyl (C=O) groups is 1. The molecule has 176 valence electrons. The van der Waals surface area contributed by atoms with E-state index < -0.39 is 0 Å². The number of likely N-dealkylation sites (tertiary alicyclic amines) is 1. The fourth-order valence-corrected chi connectivity index (χ4v) is 3.58. The summed E-state index contributed by atoms with van der Waals surface area (Å²) in [7, 11) is 3.84. The highest BCUT2D eigenvalue weighted by molar-refractivity contribution is 14.0. The van der Waals surface area contributed by atoms with Gasteiger partial charge in [0.25, 0.3) is 0 Å². The molecule has 1 aliphatic heterocycles. The summed E-state index contributed by atoms with van der Waals surface area (Å²) in [5, 5.41) is 6.71. The topological polar surface area (TPSA) is 69.2 Å². The van der Waals surface area contributed by atoms with Gasteiger partial charge in [0.15, 0.2) is 5.96 Å². The fourth-order valence-electron chi connectivity index (χ4n) is 3.58. The molecule has 1 aromatic rings. The van der Waals surface area contributed by atoms with Crippen molar-refractivity contribution in [2.24, 2.45) is 10.9 Å². The Morgan fingerprint density at radius 1 is 1.26 bits per heavy atom. The van der Waals surface area contributed by atoms with Crippen LogP contribution in [0.2, 0.25) is 0 Å². The molecule has 1 saturated heterocycles. The summed E-state index contributed by atoms with van der Waals surface area (Å²) in [4.78, 5) is 21.3. The second-order valence-electron chi connectivity index (χ2n) is 7.94. The van der Waals surface area contributed by atoms with Crippen LogP contribution in [0.5, 0.6) is 0 Å². The van der Waals surface area contributed by atoms with Crippen LogP contribution in [0.1, 0.15) is 25.3 Å². The van der Waals surface area contributed by atoms with Gasteiger partial charge >= 0.3 is 0 Å². The number of halogens is 1. The van der Waals surface area contributed by atoms with Crippen molar-refractivity contribution in [2.45, 2.75) is 26.2 Å². The molecule has 2 rings (SSSR count). The third-order valence-corrected chi connectivity index (χ3v) is 5.35. The lowest BCUT2D eigenvalue weighted by Crippen LogP contribution is -2.39. The van der Waals surface area contributed by atoms with Crippen LogP contribution in [0.15, 0.2) is 35.3 Å². The minimum Gasteiger partial charge on any atom is -0.383 e. The molecule has 0 spiro atoms. The van der Waals surface area contributed by atoms with Gasteiger partial charge in [-0.25, -0.2) is 0 Å². The maximum Gasteiger partial charge on any atom is 0.223 e. The largest absolute Gasteiger partial charge is 0.383 e. The Morgan fingerprint density at radius 2 is 2.03 bits per heavy atom. The van der Waals surface area contributed by atoms with Crippen LogP contribution < -0.4 is 10.6 Å². The van der Waals surface area contributed by atoms with Crippen LogP contribution in [0.4, 0.5) is 0 Å². The molecule has 0 saturated carbocycles. The van der Waals surface area contributed by atoms with E-state index in [9.17, 15) is 4.79 Å². The van der Waals surface area contributed by atoms with E-state index in [4.69, 9.17) is 9.73 Å². The zero-order valence-corrected chi connectivity index (χ0v) is 21.6. The van der Waals surface area contributed by atoms with Gasteiger partial charge in [-0.05, 0) is 38.9 Å². The fraction of sp³-hybridized carbons (Fsp3) is 0.652. The lowest BCUT2D eigenvalue weighted by molar-refractivity contribution is -0.127. The average molecular weight is 546 g/mol. The molecule has 1 aromatic carbocycles. The first-order valence-electron chi connectivity index (χ1n) is 11.1. The molecule has 0 bridgehead atoms. The first-order chi connectivity index (χ1) is 14.6. The van der Waals surface area contributed by atoms with Crippen molar-refractivity contribution < 1.29 is 9.53 Å². The standard InChI is InChI=1S/C23H39N5O2.HI/c1-4-24-23(25-12-8-13-27(2)15-16-30-3)26-18-21-17-22(29)28(19-21)14-11-20-9-6-5-7-10-20;/h5-7,9-10,21H,4,8,11-19H2,1-3H3,(H2,24,25,26);1H. The molecule has 1 aliphatic rings. The molecule has 31 heavy (non-hydrogen) atoms. The zero-order valence-electron chi connectivity index (χ0n) is 19.3. The number of guanidine groups is 1. The first kappa shape index (κ1) is 27.6. The van der Waals surface area contributed by atoms with E-state index in [1.807, 2.05) is 23.1 Å². The summed E-state index contributed by atoms with van der Waals surface area (Å²) in [6.07, 6.45) is 2.55. The van der Waals surface area contributed by atoms with Gasteiger partial charge in [0, 0.05) is 58.7 Å². The van der Waals surface area contributed by atoms with Crippen LogP contribution in [-0.2, 0) is 16.0 Å². The van der Waals surface area contributed by atoms with Crippen LogP contribution in [0, 0.1) is 5.92 Å². The smallest absolute Gasteiger partial charge is 0.223 e. The summed E-state index contributed by atoms with van der Waals surface area (Å²) in [6, 6.07) is 10.4. The minimum atomic E-state index is 0. The molecule has 2 N–H and O–H groups in total. The number of rotatable bonds is 13.